The molecule has 0 bridgehead atoms. The Labute approximate surface area is 124 Å². The van der Waals surface area contributed by atoms with Crippen LogP contribution in [-0.4, -0.2) is 16.4 Å². The lowest BCUT2D eigenvalue weighted by molar-refractivity contribution is -0.384. The molecule has 0 N–H and O–H groups in total. The third-order valence-electron chi connectivity index (χ3n) is 3.56. The molecule has 5 heteroatoms. The van der Waals surface area contributed by atoms with Crippen molar-refractivity contribution in [2.75, 3.05) is 0 Å². The Hall–Kier alpha value is -1.13. The van der Waals surface area contributed by atoms with Gasteiger partial charge in [-0.25, -0.2) is 0 Å². The second kappa shape index (κ2) is 6.55. The van der Waals surface area contributed by atoms with Gasteiger partial charge in [0.25, 0.3) is 5.69 Å². The fourth-order valence-corrected chi connectivity index (χ4v) is 3.02. The first-order valence-electron chi connectivity index (χ1n) is 6.99. The summed E-state index contributed by atoms with van der Waals surface area (Å²) in [5.74, 6) is 0.569. The van der Waals surface area contributed by atoms with Gasteiger partial charge in [-0.2, -0.15) is 0 Å². The van der Waals surface area contributed by atoms with E-state index >= 15 is 0 Å². The zero-order valence-corrected chi connectivity index (χ0v) is 12.5. The van der Waals surface area contributed by atoms with E-state index in [1.54, 1.807) is 12.1 Å². The van der Waals surface area contributed by atoms with E-state index in [0.29, 0.717) is 5.92 Å². The maximum atomic E-state index is 10.7. The molecule has 1 fully saturated rings. The Morgan fingerprint density at radius 2 is 2.00 bits per heavy atom. The van der Waals surface area contributed by atoms with Crippen LogP contribution in [0.25, 0.3) is 0 Å². The largest absolute Gasteiger partial charge is 0.370 e. The molecule has 0 spiro atoms. The molecule has 110 valence electrons. The zero-order chi connectivity index (χ0) is 14.7. The monoisotopic (exact) mass is 297 g/mol. The van der Waals surface area contributed by atoms with Gasteiger partial charge in [-0.15, -0.1) is 11.6 Å². The summed E-state index contributed by atoms with van der Waals surface area (Å²) >= 11 is 6.33. The third-order valence-corrected chi connectivity index (χ3v) is 3.91. The van der Waals surface area contributed by atoms with E-state index in [2.05, 4.69) is 13.8 Å². The van der Waals surface area contributed by atoms with Crippen molar-refractivity contribution < 1.29 is 9.66 Å². The minimum absolute atomic E-state index is 0.0594. The Kier molecular flexibility index (Phi) is 5.00. The van der Waals surface area contributed by atoms with E-state index in [-0.39, 0.29) is 23.3 Å². The van der Waals surface area contributed by atoms with Crippen LogP contribution in [0.15, 0.2) is 24.3 Å². The van der Waals surface area contributed by atoms with Crippen LogP contribution in [0.3, 0.4) is 0 Å². The number of rotatable bonds is 4. The molecule has 1 aliphatic rings. The second-order valence-corrected chi connectivity index (χ2v) is 6.41. The number of nitro groups is 1. The number of non-ortho nitro benzene ring substituents is 1. The molecular weight excluding hydrogens is 278 g/mol. The van der Waals surface area contributed by atoms with Crippen molar-refractivity contribution in [1.29, 1.82) is 0 Å². The van der Waals surface area contributed by atoms with Crippen LogP contribution in [0.2, 0.25) is 0 Å². The minimum Gasteiger partial charge on any atom is -0.370 e. The van der Waals surface area contributed by atoms with Crippen molar-refractivity contribution in [2.24, 2.45) is 5.92 Å². The van der Waals surface area contributed by atoms with Gasteiger partial charge in [0.2, 0.25) is 0 Å². The van der Waals surface area contributed by atoms with E-state index in [1.807, 2.05) is 0 Å². The molecule has 1 aliphatic heterocycles. The number of nitrogens with zero attached hydrogens (tertiary/aromatic N) is 1. The van der Waals surface area contributed by atoms with Crippen molar-refractivity contribution in [2.45, 2.75) is 50.7 Å². The highest BCUT2D eigenvalue weighted by molar-refractivity contribution is 6.20. The molecular formula is C15H20ClNO3. The van der Waals surface area contributed by atoms with E-state index in [0.717, 1.165) is 24.8 Å². The number of benzene rings is 1. The van der Waals surface area contributed by atoms with Gasteiger partial charge in [-0.3, -0.25) is 10.1 Å². The minimum atomic E-state index is -0.391. The maximum absolute atomic E-state index is 10.7. The van der Waals surface area contributed by atoms with Gasteiger partial charge in [-0.05, 0) is 42.9 Å². The molecule has 1 heterocycles. The lowest BCUT2D eigenvalue weighted by Crippen LogP contribution is -2.29. The molecule has 3 atom stereocenters. The van der Waals surface area contributed by atoms with Gasteiger partial charge >= 0.3 is 0 Å². The number of halogens is 1. The summed E-state index contributed by atoms with van der Waals surface area (Å²) in [4.78, 5) is 10.3. The Morgan fingerprint density at radius 3 is 2.55 bits per heavy atom. The van der Waals surface area contributed by atoms with Gasteiger partial charge in [-0.1, -0.05) is 13.8 Å². The topological polar surface area (TPSA) is 52.4 Å². The van der Waals surface area contributed by atoms with Crippen molar-refractivity contribution in [1.82, 2.24) is 0 Å². The molecule has 1 aromatic rings. The fraction of sp³-hybridized carbons (Fsp3) is 0.600. The Bertz CT molecular complexity index is 459. The first kappa shape index (κ1) is 15.3. The van der Waals surface area contributed by atoms with Crippen molar-refractivity contribution >= 4 is 17.3 Å². The summed E-state index contributed by atoms with van der Waals surface area (Å²) in [5.41, 5.74) is 1.07. The first-order chi connectivity index (χ1) is 9.45. The Balaban J connectivity index is 2.08. The molecule has 0 unspecified atom stereocenters. The predicted octanol–water partition coefficient (Wildman–Crippen LogP) is 4.47. The van der Waals surface area contributed by atoms with Crippen LogP contribution in [0.1, 0.15) is 44.8 Å². The fourth-order valence-electron chi connectivity index (χ4n) is 2.66. The second-order valence-electron chi connectivity index (χ2n) is 5.79. The lowest BCUT2D eigenvalue weighted by Gasteiger charge is -2.34. The van der Waals surface area contributed by atoms with Gasteiger partial charge in [0.05, 0.1) is 17.1 Å². The van der Waals surface area contributed by atoms with Crippen LogP contribution >= 0.6 is 11.6 Å². The Morgan fingerprint density at radius 1 is 1.35 bits per heavy atom. The highest BCUT2D eigenvalue weighted by atomic mass is 35.5. The standard InChI is InChI=1S/C15H20ClNO3/c1-10(2)7-14-8-12(16)9-15(20-14)11-3-5-13(6-4-11)17(18)19/h3-6,10,12,14-15H,7-9H2,1-2H3/t12-,14+,15+/m1/s1. The SMILES string of the molecule is CC(C)C[C@H]1C[C@@H](Cl)C[C@@H](c2ccc([N+](=O)[O-])cc2)O1. The summed E-state index contributed by atoms with van der Waals surface area (Å²) in [6.07, 6.45) is 2.74. The van der Waals surface area contributed by atoms with E-state index in [4.69, 9.17) is 16.3 Å². The predicted molar refractivity (Wildman–Crippen MR) is 79.0 cm³/mol. The molecule has 0 amide bonds. The smallest absolute Gasteiger partial charge is 0.269 e. The van der Waals surface area contributed by atoms with Crippen LogP contribution in [0.4, 0.5) is 5.69 Å². The van der Waals surface area contributed by atoms with Crippen LogP contribution in [0, 0.1) is 16.0 Å². The number of hydrogen-bond donors (Lipinski definition) is 0. The lowest BCUT2D eigenvalue weighted by atomic mass is 9.94. The molecule has 4 nitrogen and oxygen atoms in total. The van der Waals surface area contributed by atoms with Gasteiger partial charge < -0.3 is 4.74 Å². The van der Waals surface area contributed by atoms with Crippen LogP contribution in [-0.2, 0) is 4.74 Å². The molecule has 0 radical (unpaired) electrons. The van der Waals surface area contributed by atoms with Crippen molar-refractivity contribution in [3.63, 3.8) is 0 Å². The zero-order valence-electron chi connectivity index (χ0n) is 11.8. The summed E-state index contributed by atoms with van der Waals surface area (Å²) in [7, 11) is 0. The molecule has 20 heavy (non-hydrogen) atoms. The van der Waals surface area contributed by atoms with Crippen molar-refractivity contribution in [3.05, 3.63) is 39.9 Å². The van der Waals surface area contributed by atoms with Crippen molar-refractivity contribution in [3.8, 4) is 0 Å². The molecule has 0 aromatic heterocycles. The highest BCUT2D eigenvalue weighted by Crippen LogP contribution is 2.36. The highest BCUT2D eigenvalue weighted by Gasteiger charge is 2.29. The molecule has 1 saturated heterocycles. The van der Waals surface area contributed by atoms with Crippen LogP contribution in [0.5, 0.6) is 0 Å². The number of nitro benzene ring substituents is 1. The number of hydrogen-bond acceptors (Lipinski definition) is 3. The van der Waals surface area contributed by atoms with Gasteiger partial charge in [0.1, 0.15) is 0 Å². The number of ether oxygens (including phenoxy) is 1. The summed E-state index contributed by atoms with van der Waals surface area (Å²) in [6.45, 7) is 4.34. The molecule has 0 saturated carbocycles. The van der Waals surface area contributed by atoms with E-state index in [9.17, 15) is 10.1 Å². The summed E-state index contributed by atoms with van der Waals surface area (Å²) < 4.78 is 6.10. The van der Waals surface area contributed by atoms with E-state index < -0.39 is 4.92 Å². The third kappa shape index (κ3) is 3.93. The molecule has 1 aromatic carbocycles. The average Bonchev–Trinajstić information content (AvgIpc) is 2.37. The quantitative estimate of drug-likeness (QED) is 0.468. The van der Waals surface area contributed by atoms with Gasteiger partial charge in [0.15, 0.2) is 0 Å². The molecule has 0 aliphatic carbocycles. The number of alkyl halides is 1. The first-order valence-corrected chi connectivity index (χ1v) is 7.43. The average molecular weight is 298 g/mol. The summed E-state index contributed by atoms with van der Waals surface area (Å²) in [5, 5.41) is 10.8. The maximum Gasteiger partial charge on any atom is 0.269 e. The van der Waals surface area contributed by atoms with Crippen LogP contribution < -0.4 is 0 Å². The normalized spacial score (nSPS) is 26.7. The van der Waals surface area contributed by atoms with Gasteiger partial charge in [0, 0.05) is 17.5 Å². The molecule has 2 rings (SSSR count). The van der Waals surface area contributed by atoms with E-state index in [1.165, 1.54) is 12.1 Å². The summed E-state index contributed by atoms with van der Waals surface area (Å²) in [6, 6.07) is 6.58.